The molecule has 5 heteroatoms. The first-order valence-corrected chi connectivity index (χ1v) is 8.81. The Morgan fingerprint density at radius 3 is 2.36 bits per heavy atom. The van der Waals surface area contributed by atoms with E-state index >= 15 is 0 Å². The standard InChI is InChI=1S/C17H22N2O2S/c1-4-13-9-10-15(14(11-13)12-18-2)16-7-5-6-8-17(16)22(20,21)19-3/h5-11,18-19H,4,12H2,1-3H3. The zero-order chi connectivity index (χ0) is 16.2. The summed E-state index contributed by atoms with van der Waals surface area (Å²) in [5.74, 6) is 0. The van der Waals surface area contributed by atoms with Crippen molar-refractivity contribution < 1.29 is 8.42 Å². The van der Waals surface area contributed by atoms with Crippen LogP contribution in [0.4, 0.5) is 0 Å². The summed E-state index contributed by atoms with van der Waals surface area (Å²) in [6.45, 7) is 2.80. The first-order valence-electron chi connectivity index (χ1n) is 7.32. The predicted octanol–water partition coefficient (Wildman–Crippen LogP) is 2.54. The first-order chi connectivity index (χ1) is 10.5. The van der Waals surface area contributed by atoms with E-state index in [1.54, 1.807) is 12.1 Å². The number of sulfonamides is 1. The second kappa shape index (κ2) is 7.05. The van der Waals surface area contributed by atoms with Crippen LogP contribution in [-0.2, 0) is 23.0 Å². The molecule has 0 aliphatic heterocycles. The third-order valence-electron chi connectivity index (χ3n) is 3.68. The molecule has 0 radical (unpaired) electrons. The molecule has 0 aliphatic rings. The number of hydrogen-bond acceptors (Lipinski definition) is 3. The Balaban J connectivity index is 2.67. The van der Waals surface area contributed by atoms with Crippen LogP contribution in [0.5, 0.6) is 0 Å². The lowest BCUT2D eigenvalue weighted by Crippen LogP contribution is -2.19. The summed E-state index contributed by atoms with van der Waals surface area (Å²) < 4.78 is 26.9. The monoisotopic (exact) mass is 318 g/mol. The van der Waals surface area contributed by atoms with Crippen molar-refractivity contribution in [3.05, 3.63) is 53.6 Å². The molecule has 0 amide bonds. The van der Waals surface area contributed by atoms with Crippen molar-refractivity contribution >= 4 is 10.0 Å². The molecule has 2 aromatic carbocycles. The molecular weight excluding hydrogens is 296 g/mol. The van der Waals surface area contributed by atoms with E-state index in [0.29, 0.717) is 11.4 Å². The van der Waals surface area contributed by atoms with Crippen LogP contribution in [-0.4, -0.2) is 22.5 Å². The quantitative estimate of drug-likeness (QED) is 0.860. The number of benzene rings is 2. The van der Waals surface area contributed by atoms with Crippen molar-refractivity contribution in [3.63, 3.8) is 0 Å². The molecule has 0 saturated heterocycles. The molecule has 118 valence electrons. The van der Waals surface area contributed by atoms with Crippen molar-refractivity contribution in [2.24, 2.45) is 0 Å². The second-order valence-electron chi connectivity index (χ2n) is 5.08. The highest BCUT2D eigenvalue weighted by molar-refractivity contribution is 7.89. The summed E-state index contributed by atoms with van der Waals surface area (Å²) in [5, 5.41) is 3.15. The molecule has 22 heavy (non-hydrogen) atoms. The summed E-state index contributed by atoms with van der Waals surface area (Å²) in [5.41, 5.74) is 4.01. The summed E-state index contributed by atoms with van der Waals surface area (Å²) in [6.07, 6.45) is 0.952. The van der Waals surface area contributed by atoms with Crippen molar-refractivity contribution in [1.82, 2.24) is 10.0 Å². The Hall–Kier alpha value is -1.69. The Morgan fingerprint density at radius 2 is 1.73 bits per heavy atom. The third kappa shape index (κ3) is 3.38. The predicted molar refractivity (Wildman–Crippen MR) is 90.3 cm³/mol. The molecule has 2 aromatic rings. The molecule has 0 saturated carbocycles. The van der Waals surface area contributed by atoms with Crippen molar-refractivity contribution in [3.8, 4) is 11.1 Å². The molecule has 0 fully saturated rings. The van der Waals surface area contributed by atoms with Gasteiger partial charge in [0.2, 0.25) is 10.0 Å². The molecule has 0 bridgehead atoms. The Bertz CT molecular complexity index is 755. The third-order valence-corrected chi connectivity index (χ3v) is 5.15. The summed E-state index contributed by atoms with van der Waals surface area (Å²) in [7, 11) is -0.176. The van der Waals surface area contributed by atoms with Gasteiger partial charge in [-0.25, -0.2) is 13.1 Å². The molecule has 2 rings (SSSR count). The van der Waals surface area contributed by atoms with Crippen molar-refractivity contribution in [1.29, 1.82) is 0 Å². The molecule has 0 heterocycles. The van der Waals surface area contributed by atoms with Gasteiger partial charge in [-0.3, -0.25) is 0 Å². The smallest absolute Gasteiger partial charge is 0.240 e. The maximum atomic E-state index is 12.3. The van der Waals surface area contributed by atoms with Crippen LogP contribution in [0.15, 0.2) is 47.4 Å². The SMILES string of the molecule is CCc1ccc(-c2ccccc2S(=O)(=O)NC)c(CNC)c1. The van der Waals surface area contributed by atoms with Crippen LogP contribution < -0.4 is 10.0 Å². The maximum Gasteiger partial charge on any atom is 0.240 e. The summed E-state index contributed by atoms with van der Waals surface area (Å²) in [4.78, 5) is 0.305. The minimum absolute atomic E-state index is 0.305. The van der Waals surface area contributed by atoms with E-state index in [9.17, 15) is 8.42 Å². The maximum absolute atomic E-state index is 12.3. The van der Waals surface area contributed by atoms with Gasteiger partial charge in [0, 0.05) is 12.1 Å². The lowest BCUT2D eigenvalue weighted by molar-refractivity contribution is 0.588. The number of aryl methyl sites for hydroxylation is 1. The zero-order valence-electron chi connectivity index (χ0n) is 13.2. The molecule has 0 atom stereocenters. The highest BCUT2D eigenvalue weighted by atomic mass is 32.2. The van der Waals surface area contributed by atoms with E-state index in [1.807, 2.05) is 25.2 Å². The van der Waals surface area contributed by atoms with Crippen LogP contribution in [0.2, 0.25) is 0 Å². The number of rotatable bonds is 6. The van der Waals surface area contributed by atoms with E-state index in [-0.39, 0.29) is 0 Å². The van der Waals surface area contributed by atoms with Gasteiger partial charge in [-0.2, -0.15) is 0 Å². The van der Waals surface area contributed by atoms with E-state index in [0.717, 1.165) is 23.1 Å². The van der Waals surface area contributed by atoms with Gasteiger partial charge in [-0.15, -0.1) is 0 Å². The van der Waals surface area contributed by atoms with Gasteiger partial charge in [-0.05, 0) is 43.3 Å². The zero-order valence-corrected chi connectivity index (χ0v) is 14.0. The van der Waals surface area contributed by atoms with E-state index < -0.39 is 10.0 Å². The van der Waals surface area contributed by atoms with Crippen LogP contribution in [0.3, 0.4) is 0 Å². The van der Waals surface area contributed by atoms with Crippen LogP contribution >= 0.6 is 0 Å². The van der Waals surface area contributed by atoms with Gasteiger partial charge >= 0.3 is 0 Å². The van der Waals surface area contributed by atoms with Crippen LogP contribution in [0.1, 0.15) is 18.1 Å². The first kappa shape index (κ1) is 16.7. The number of hydrogen-bond donors (Lipinski definition) is 2. The molecule has 0 aromatic heterocycles. The molecule has 4 nitrogen and oxygen atoms in total. The largest absolute Gasteiger partial charge is 0.316 e. The molecule has 0 unspecified atom stereocenters. The van der Waals surface area contributed by atoms with E-state index in [1.165, 1.54) is 12.6 Å². The molecular formula is C17H22N2O2S. The highest BCUT2D eigenvalue weighted by Gasteiger charge is 2.18. The fourth-order valence-corrected chi connectivity index (χ4v) is 3.45. The summed E-state index contributed by atoms with van der Waals surface area (Å²) >= 11 is 0. The van der Waals surface area contributed by atoms with Gasteiger partial charge in [0.05, 0.1) is 4.90 Å². The van der Waals surface area contributed by atoms with Crippen molar-refractivity contribution in [2.75, 3.05) is 14.1 Å². The van der Waals surface area contributed by atoms with Crippen LogP contribution in [0.25, 0.3) is 11.1 Å². The minimum Gasteiger partial charge on any atom is -0.316 e. The lowest BCUT2D eigenvalue weighted by atomic mass is 9.96. The van der Waals surface area contributed by atoms with Gasteiger partial charge in [0.25, 0.3) is 0 Å². The van der Waals surface area contributed by atoms with Gasteiger partial charge < -0.3 is 5.32 Å². The van der Waals surface area contributed by atoms with Gasteiger partial charge in [0.15, 0.2) is 0 Å². The second-order valence-corrected chi connectivity index (χ2v) is 6.93. The lowest BCUT2D eigenvalue weighted by Gasteiger charge is -2.15. The number of nitrogens with one attached hydrogen (secondary N) is 2. The fraction of sp³-hybridized carbons (Fsp3) is 0.294. The van der Waals surface area contributed by atoms with Crippen LogP contribution in [0, 0.1) is 0 Å². The molecule has 0 spiro atoms. The summed E-state index contributed by atoms with van der Waals surface area (Å²) in [6, 6.07) is 13.3. The normalized spacial score (nSPS) is 11.6. The Kier molecular flexibility index (Phi) is 5.34. The Morgan fingerprint density at radius 1 is 1.00 bits per heavy atom. The molecule has 0 aliphatic carbocycles. The molecule has 2 N–H and O–H groups in total. The minimum atomic E-state index is -3.49. The fourth-order valence-electron chi connectivity index (χ4n) is 2.50. The Labute approximate surface area is 132 Å². The average molecular weight is 318 g/mol. The average Bonchev–Trinajstić information content (AvgIpc) is 2.55. The topological polar surface area (TPSA) is 58.2 Å². The highest BCUT2D eigenvalue weighted by Crippen LogP contribution is 2.30. The van der Waals surface area contributed by atoms with Crippen molar-refractivity contribution in [2.45, 2.75) is 24.8 Å². The van der Waals surface area contributed by atoms with E-state index in [2.05, 4.69) is 29.1 Å². The van der Waals surface area contributed by atoms with E-state index in [4.69, 9.17) is 0 Å². The van der Waals surface area contributed by atoms with Gasteiger partial charge in [0.1, 0.15) is 0 Å². The van der Waals surface area contributed by atoms with Gasteiger partial charge in [-0.1, -0.05) is 43.3 Å².